The van der Waals surface area contributed by atoms with Gasteiger partial charge in [0.15, 0.2) is 0 Å². The Morgan fingerprint density at radius 2 is 1.39 bits per heavy atom. The van der Waals surface area contributed by atoms with E-state index in [9.17, 15) is 4.79 Å². The standard InChI is InChI=1S/C19H22N2O2/c1-12(2)16-6-5-7-17(13(3)4)18(16)21-20-15-10-8-14(9-11-15)19(22)23/h5-13H,1-4H3,(H,22,23). The Bertz CT molecular complexity index is 690. The molecule has 4 nitrogen and oxygen atoms in total. The largest absolute Gasteiger partial charge is 0.478 e. The molecule has 0 unspecified atom stereocenters. The molecule has 0 saturated carbocycles. The number of carbonyl (C=O) groups is 1. The normalized spacial score (nSPS) is 11.6. The number of carboxylic acid groups (broad SMARTS) is 1. The highest BCUT2D eigenvalue weighted by molar-refractivity contribution is 5.87. The monoisotopic (exact) mass is 310 g/mol. The fourth-order valence-corrected chi connectivity index (χ4v) is 2.41. The van der Waals surface area contributed by atoms with E-state index < -0.39 is 5.97 Å². The molecular weight excluding hydrogens is 288 g/mol. The van der Waals surface area contributed by atoms with Crippen molar-refractivity contribution >= 4 is 17.3 Å². The maximum atomic E-state index is 10.9. The minimum Gasteiger partial charge on any atom is -0.478 e. The molecule has 0 aliphatic heterocycles. The zero-order chi connectivity index (χ0) is 17.0. The molecule has 0 aliphatic rings. The summed E-state index contributed by atoms with van der Waals surface area (Å²) >= 11 is 0. The molecule has 2 aromatic carbocycles. The second kappa shape index (κ2) is 7.18. The molecule has 120 valence electrons. The minimum atomic E-state index is -0.944. The van der Waals surface area contributed by atoms with Gasteiger partial charge in [-0.15, -0.1) is 5.11 Å². The van der Waals surface area contributed by atoms with Crippen LogP contribution in [-0.4, -0.2) is 11.1 Å². The molecule has 0 radical (unpaired) electrons. The third-order valence-corrected chi connectivity index (χ3v) is 3.72. The number of benzene rings is 2. The number of nitrogens with zero attached hydrogens (tertiary/aromatic N) is 2. The van der Waals surface area contributed by atoms with Crippen molar-refractivity contribution < 1.29 is 9.90 Å². The molecule has 0 spiro atoms. The van der Waals surface area contributed by atoms with Gasteiger partial charge in [-0.05, 0) is 47.2 Å². The molecule has 0 amide bonds. The molecule has 0 atom stereocenters. The summed E-state index contributed by atoms with van der Waals surface area (Å²) in [4.78, 5) is 10.9. The Morgan fingerprint density at radius 3 is 1.83 bits per heavy atom. The molecule has 0 aliphatic carbocycles. The van der Waals surface area contributed by atoms with E-state index in [2.05, 4.69) is 56.1 Å². The first-order chi connectivity index (χ1) is 10.9. The number of hydrogen-bond donors (Lipinski definition) is 1. The van der Waals surface area contributed by atoms with Gasteiger partial charge < -0.3 is 5.11 Å². The lowest BCUT2D eigenvalue weighted by Gasteiger charge is -2.15. The maximum Gasteiger partial charge on any atom is 0.335 e. The molecule has 23 heavy (non-hydrogen) atoms. The first-order valence-electron chi connectivity index (χ1n) is 7.78. The van der Waals surface area contributed by atoms with Gasteiger partial charge in [-0.25, -0.2) is 4.79 Å². The molecule has 0 fully saturated rings. The summed E-state index contributed by atoms with van der Waals surface area (Å²) in [6.45, 7) is 8.56. The van der Waals surface area contributed by atoms with E-state index in [0.717, 1.165) is 5.69 Å². The summed E-state index contributed by atoms with van der Waals surface area (Å²) in [5, 5.41) is 17.7. The van der Waals surface area contributed by atoms with Crippen LogP contribution >= 0.6 is 0 Å². The van der Waals surface area contributed by atoms with E-state index in [4.69, 9.17) is 5.11 Å². The van der Waals surface area contributed by atoms with Gasteiger partial charge in [0.2, 0.25) is 0 Å². The van der Waals surface area contributed by atoms with Crippen LogP contribution in [-0.2, 0) is 0 Å². The molecule has 0 bridgehead atoms. The molecule has 0 aromatic heterocycles. The molecule has 1 N–H and O–H groups in total. The summed E-state index contributed by atoms with van der Waals surface area (Å²) in [5.41, 5.74) is 4.14. The predicted molar refractivity (Wildman–Crippen MR) is 92.2 cm³/mol. The van der Waals surface area contributed by atoms with Crippen molar-refractivity contribution in [3.05, 3.63) is 59.2 Å². The third kappa shape index (κ3) is 4.03. The van der Waals surface area contributed by atoms with Gasteiger partial charge >= 0.3 is 5.97 Å². The van der Waals surface area contributed by atoms with Crippen molar-refractivity contribution in [2.45, 2.75) is 39.5 Å². The highest BCUT2D eigenvalue weighted by Crippen LogP contribution is 2.35. The van der Waals surface area contributed by atoms with Gasteiger partial charge in [-0.1, -0.05) is 45.9 Å². The highest BCUT2D eigenvalue weighted by atomic mass is 16.4. The number of azo groups is 1. The molecule has 0 saturated heterocycles. The average Bonchev–Trinajstić information content (AvgIpc) is 2.52. The number of rotatable bonds is 5. The van der Waals surface area contributed by atoms with Crippen molar-refractivity contribution in [1.82, 2.24) is 0 Å². The first-order valence-corrected chi connectivity index (χ1v) is 7.78. The van der Waals surface area contributed by atoms with Crippen molar-refractivity contribution in [2.24, 2.45) is 10.2 Å². The van der Waals surface area contributed by atoms with E-state index in [0.29, 0.717) is 17.5 Å². The third-order valence-electron chi connectivity index (χ3n) is 3.72. The molecule has 4 heteroatoms. The van der Waals surface area contributed by atoms with Gasteiger partial charge in [0.1, 0.15) is 0 Å². The van der Waals surface area contributed by atoms with Gasteiger partial charge in [0.05, 0.1) is 16.9 Å². The molecule has 0 heterocycles. The maximum absolute atomic E-state index is 10.9. The molecular formula is C19H22N2O2. The zero-order valence-corrected chi connectivity index (χ0v) is 13.9. The summed E-state index contributed by atoms with van der Waals surface area (Å²) in [5.74, 6) is -0.227. The van der Waals surface area contributed by atoms with Crippen LogP contribution in [0.3, 0.4) is 0 Å². The lowest BCUT2D eigenvalue weighted by Crippen LogP contribution is -1.95. The Hall–Kier alpha value is -2.49. The van der Waals surface area contributed by atoms with Crippen LogP contribution < -0.4 is 0 Å². The second-order valence-corrected chi connectivity index (χ2v) is 6.15. The molecule has 2 aromatic rings. The first kappa shape index (κ1) is 16.9. The van der Waals surface area contributed by atoms with Crippen molar-refractivity contribution in [2.75, 3.05) is 0 Å². The predicted octanol–water partition coefficient (Wildman–Crippen LogP) is 6.05. The Labute approximate surface area is 136 Å². The Kier molecular flexibility index (Phi) is 5.27. The van der Waals surface area contributed by atoms with Gasteiger partial charge in [-0.2, -0.15) is 5.11 Å². The van der Waals surface area contributed by atoms with E-state index >= 15 is 0 Å². The van der Waals surface area contributed by atoms with Crippen LogP contribution in [0.25, 0.3) is 0 Å². The summed E-state index contributed by atoms with van der Waals surface area (Å²) in [6.07, 6.45) is 0. The topological polar surface area (TPSA) is 62.0 Å². The van der Waals surface area contributed by atoms with Crippen LogP contribution in [0.5, 0.6) is 0 Å². The van der Waals surface area contributed by atoms with E-state index in [-0.39, 0.29) is 5.56 Å². The summed E-state index contributed by atoms with van der Waals surface area (Å²) in [7, 11) is 0. The zero-order valence-electron chi connectivity index (χ0n) is 13.9. The van der Waals surface area contributed by atoms with E-state index in [1.165, 1.54) is 23.3 Å². The van der Waals surface area contributed by atoms with Crippen LogP contribution in [0, 0.1) is 0 Å². The van der Waals surface area contributed by atoms with Crippen LogP contribution in [0.2, 0.25) is 0 Å². The number of aromatic carboxylic acids is 1. The Balaban J connectivity index is 2.39. The highest BCUT2D eigenvalue weighted by Gasteiger charge is 2.13. The van der Waals surface area contributed by atoms with E-state index in [1.54, 1.807) is 12.1 Å². The lowest BCUT2D eigenvalue weighted by molar-refractivity contribution is 0.0697. The fraction of sp³-hybridized carbons (Fsp3) is 0.316. The number of carboxylic acids is 1. The van der Waals surface area contributed by atoms with Gasteiger partial charge in [-0.3, -0.25) is 0 Å². The van der Waals surface area contributed by atoms with E-state index in [1.807, 2.05) is 0 Å². The van der Waals surface area contributed by atoms with Gasteiger partial charge in [0, 0.05) is 0 Å². The summed E-state index contributed by atoms with van der Waals surface area (Å²) in [6, 6.07) is 12.6. The van der Waals surface area contributed by atoms with Crippen LogP contribution in [0.15, 0.2) is 52.7 Å². The SMILES string of the molecule is CC(C)c1cccc(C(C)C)c1N=Nc1ccc(C(=O)O)cc1. The minimum absolute atomic E-state index is 0.245. The van der Waals surface area contributed by atoms with Crippen molar-refractivity contribution in [1.29, 1.82) is 0 Å². The van der Waals surface area contributed by atoms with Crippen LogP contribution in [0.4, 0.5) is 11.4 Å². The quantitative estimate of drug-likeness (QED) is 0.683. The van der Waals surface area contributed by atoms with Crippen molar-refractivity contribution in [3.63, 3.8) is 0 Å². The number of hydrogen-bond acceptors (Lipinski definition) is 3. The molecule has 2 rings (SSSR count). The van der Waals surface area contributed by atoms with Gasteiger partial charge in [0.25, 0.3) is 0 Å². The second-order valence-electron chi connectivity index (χ2n) is 6.15. The van der Waals surface area contributed by atoms with Crippen molar-refractivity contribution in [3.8, 4) is 0 Å². The fourth-order valence-electron chi connectivity index (χ4n) is 2.41. The summed E-state index contributed by atoms with van der Waals surface area (Å²) < 4.78 is 0. The smallest absolute Gasteiger partial charge is 0.335 e. The van der Waals surface area contributed by atoms with Crippen LogP contribution in [0.1, 0.15) is 61.0 Å². The Morgan fingerprint density at radius 1 is 0.870 bits per heavy atom. The average molecular weight is 310 g/mol. The lowest BCUT2D eigenvalue weighted by atomic mass is 9.93.